The number of carbonyl (C=O) groups is 1. The van der Waals surface area contributed by atoms with Crippen molar-refractivity contribution in [3.05, 3.63) is 71.6 Å². The quantitative estimate of drug-likeness (QED) is 0.390. The molecule has 1 aromatic heterocycles. The number of ether oxygens (including phenoxy) is 1. The first kappa shape index (κ1) is 16.4. The maximum atomic E-state index is 11.3. The molecule has 3 rings (SSSR count). The van der Waals surface area contributed by atoms with Crippen LogP contribution in [0.15, 0.2) is 64.3 Å². The van der Waals surface area contributed by atoms with Crippen LogP contribution in [-0.4, -0.2) is 29.4 Å². The second-order valence-electron chi connectivity index (χ2n) is 5.00. The van der Waals surface area contributed by atoms with Gasteiger partial charge in [0, 0.05) is 5.56 Å². The van der Waals surface area contributed by atoms with Gasteiger partial charge in [-0.25, -0.2) is 4.79 Å². The van der Waals surface area contributed by atoms with Crippen molar-refractivity contribution in [1.82, 2.24) is 10.1 Å². The lowest BCUT2D eigenvalue weighted by Gasteiger charge is -1.99. The fourth-order valence-electron chi connectivity index (χ4n) is 2.03. The van der Waals surface area contributed by atoms with E-state index in [1.807, 2.05) is 30.3 Å². The number of aromatic nitrogens is 2. The number of hydrogen-bond acceptors (Lipinski definition) is 7. The van der Waals surface area contributed by atoms with Gasteiger partial charge in [-0.3, -0.25) is 0 Å². The second kappa shape index (κ2) is 7.87. The van der Waals surface area contributed by atoms with Gasteiger partial charge in [0.25, 0.3) is 5.89 Å². The fraction of sp³-hybridized carbons (Fsp3) is 0.111. The Morgan fingerprint density at radius 1 is 1.16 bits per heavy atom. The van der Waals surface area contributed by atoms with Crippen molar-refractivity contribution < 1.29 is 18.9 Å². The van der Waals surface area contributed by atoms with Gasteiger partial charge >= 0.3 is 5.97 Å². The Bertz CT molecular complexity index is 858. The molecule has 7 heteroatoms. The van der Waals surface area contributed by atoms with E-state index in [-0.39, 0.29) is 12.6 Å². The van der Waals surface area contributed by atoms with E-state index in [1.54, 1.807) is 24.3 Å². The molecular weight excluding hydrogens is 322 g/mol. The highest BCUT2D eigenvalue weighted by atomic mass is 16.6. The van der Waals surface area contributed by atoms with Crippen LogP contribution >= 0.6 is 0 Å². The number of nitrogens with zero attached hydrogens (tertiary/aromatic N) is 3. The Labute approximate surface area is 143 Å². The van der Waals surface area contributed by atoms with Gasteiger partial charge in [-0.05, 0) is 17.7 Å². The number of esters is 1. The Hall–Kier alpha value is -3.48. The normalized spacial score (nSPS) is 10.8. The smallest absolute Gasteiger partial charge is 0.337 e. The maximum Gasteiger partial charge on any atom is 0.337 e. The lowest BCUT2D eigenvalue weighted by Crippen LogP contribution is -2.00. The number of carbonyl (C=O) groups excluding carboxylic acids is 1. The molecule has 0 radical (unpaired) electrons. The summed E-state index contributed by atoms with van der Waals surface area (Å²) < 4.78 is 9.75. The molecule has 0 amide bonds. The average Bonchev–Trinajstić information content (AvgIpc) is 3.15. The minimum Gasteiger partial charge on any atom is -0.465 e. The van der Waals surface area contributed by atoms with Crippen molar-refractivity contribution in [2.75, 3.05) is 7.11 Å². The van der Waals surface area contributed by atoms with Gasteiger partial charge in [-0.1, -0.05) is 52.8 Å². The predicted molar refractivity (Wildman–Crippen MR) is 89.9 cm³/mol. The largest absolute Gasteiger partial charge is 0.465 e. The van der Waals surface area contributed by atoms with Gasteiger partial charge in [-0.15, -0.1) is 0 Å². The highest BCUT2D eigenvalue weighted by Gasteiger charge is 2.08. The van der Waals surface area contributed by atoms with E-state index in [1.165, 1.54) is 13.3 Å². The predicted octanol–water partition coefficient (Wildman–Crippen LogP) is 3.07. The first-order valence-electron chi connectivity index (χ1n) is 7.48. The number of rotatable bonds is 6. The molecule has 2 aromatic carbocycles. The van der Waals surface area contributed by atoms with Crippen molar-refractivity contribution in [1.29, 1.82) is 0 Å². The summed E-state index contributed by atoms with van der Waals surface area (Å²) in [6.45, 7) is 0.0660. The molecule has 0 bridgehead atoms. The van der Waals surface area contributed by atoms with Crippen LogP contribution in [0.1, 0.15) is 21.8 Å². The van der Waals surface area contributed by atoms with E-state index in [0.717, 1.165) is 11.1 Å². The van der Waals surface area contributed by atoms with E-state index in [9.17, 15) is 4.79 Å². The lowest BCUT2D eigenvalue weighted by atomic mass is 10.1. The summed E-state index contributed by atoms with van der Waals surface area (Å²) in [5.41, 5.74) is 2.12. The van der Waals surface area contributed by atoms with E-state index in [0.29, 0.717) is 17.3 Å². The summed E-state index contributed by atoms with van der Waals surface area (Å²) in [4.78, 5) is 20.7. The fourth-order valence-corrected chi connectivity index (χ4v) is 2.03. The lowest BCUT2D eigenvalue weighted by molar-refractivity contribution is 0.0600. The standard InChI is InChI=1S/C18H15N3O4/c1-23-18(22)15-9-7-13(8-10-15)11-19-24-12-16-20-17(21-25-16)14-5-3-2-4-6-14/h2-11H,12H2,1H3. The molecule has 1 heterocycles. The van der Waals surface area contributed by atoms with Crippen LogP contribution in [-0.2, 0) is 16.2 Å². The van der Waals surface area contributed by atoms with Crippen LogP contribution in [0.5, 0.6) is 0 Å². The Morgan fingerprint density at radius 3 is 2.64 bits per heavy atom. The molecule has 0 unspecified atom stereocenters. The summed E-state index contributed by atoms with van der Waals surface area (Å²) in [5.74, 6) is 0.448. The molecule has 126 valence electrons. The third-order valence-electron chi connectivity index (χ3n) is 3.30. The number of hydrogen-bond donors (Lipinski definition) is 0. The summed E-state index contributed by atoms with van der Waals surface area (Å²) in [7, 11) is 1.34. The van der Waals surface area contributed by atoms with Crippen LogP contribution < -0.4 is 0 Å². The Morgan fingerprint density at radius 2 is 1.92 bits per heavy atom. The van der Waals surface area contributed by atoms with Gasteiger partial charge in [0.2, 0.25) is 5.82 Å². The van der Waals surface area contributed by atoms with Crippen LogP contribution in [0.25, 0.3) is 11.4 Å². The van der Waals surface area contributed by atoms with Crippen molar-refractivity contribution in [2.24, 2.45) is 5.16 Å². The molecule has 0 spiro atoms. The Kier molecular flexibility index (Phi) is 5.16. The first-order valence-corrected chi connectivity index (χ1v) is 7.48. The highest BCUT2D eigenvalue weighted by Crippen LogP contribution is 2.15. The molecule has 25 heavy (non-hydrogen) atoms. The zero-order chi connectivity index (χ0) is 17.5. The van der Waals surface area contributed by atoms with Gasteiger partial charge < -0.3 is 14.1 Å². The number of methoxy groups -OCH3 is 1. The van der Waals surface area contributed by atoms with Crippen molar-refractivity contribution >= 4 is 12.2 Å². The molecule has 7 nitrogen and oxygen atoms in total. The molecule has 0 saturated heterocycles. The van der Waals surface area contributed by atoms with Crippen LogP contribution in [0.4, 0.5) is 0 Å². The van der Waals surface area contributed by atoms with Gasteiger partial charge in [0.15, 0.2) is 6.61 Å². The molecular formula is C18H15N3O4. The zero-order valence-electron chi connectivity index (χ0n) is 13.5. The molecule has 0 aliphatic rings. The summed E-state index contributed by atoms with van der Waals surface area (Å²) in [5, 5.41) is 7.74. The van der Waals surface area contributed by atoms with Crippen LogP contribution in [0.3, 0.4) is 0 Å². The van der Waals surface area contributed by atoms with Gasteiger partial charge in [-0.2, -0.15) is 4.98 Å². The molecule has 0 aliphatic carbocycles. The molecule has 0 atom stereocenters. The van der Waals surface area contributed by atoms with E-state index >= 15 is 0 Å². The average molecular weight is 337 g/mol. The summed E-state index contributed by atoms with van der Waals surface area (Å²) >= 11 is 0. The van der Waals surface area contributed by atoms with Crippen LogP contribution in [0.2, 0.25) is 0 Å². The van der Waals surface area contributed by atoms with E-state index < -0.39 is 0 Å². The molecule has 3 aromatic rings. The van der Waals surface area contributed by atoms with E-state index in [4.69, 9.17) is 9.36 Å². The maximum absolute atomic E-state index is 11.3. The van der Waals surface area contributed by atoms with Gasteiger partial charge in [0.1, 0.15) is 0 Å². The summed E-state index contributed by atoms with van der Waals surface area (Å²) in [6, 6.07) is 16.3. The monoisotopic (exact) mass is 337 g/mol. The molecule has 0 aliphatic heterocycles. The van der Waals surface area contributed by atoms with Crippen molar-refractivity contribution in [2.45, 2.75) is 6.61 Å². The van der Waals surface area contributed by atoms with Crippen LogP contribution in [0, 0.1) is 0 Å². The van der Waals surface area contributed by atoms with Crippen molar-refractivity contribution in [3.8, 4) is 11.4 Å². The first-order chi connectivity index (χ1) is 12.3. The Balaban J connectivity index is 1.53. The SMILES string of the molecule is COC(=O)c1ccc(C=NOCc2nc(-c3ccccc3)no2)cc1. The van der Waals surface area contributed by atoms with Gasteiger partial charge in [0.05, 0.1) is 18.9 Å². The number of oxime groups is 1. The number of benzene rings is 2. The molecule has 0 N–H and O–H groups in total. The van der Waals surface area contributed by atoms with E-state index in [2.05, 4.69) is 20.0 Å². The zero-order valence-corrected chi connectivity index (χ0v) is 13.5. The third kappa shape index (κ3) is 4.29. The highest BCUT2D eigenvalue weighted by molar-refractivity contribution is 5.90. The molecule has 0 fully saturated rings. The topological polar surface area (TPSA) is 86.8 Å². The summed E-state index contributed by atoms with van der Waals surface area (Å²) in [6.07, 6.45) is 1.52. The molecule has 0 saturated carbocycles. The minimum absolute atomic E-state index is 0.0660. The second-order valence-corrected chi connectivity index (χ2v) is 5.00. The third-order valence-corrected chi connectivity index (χ3v) is 3.30. The van der Waals surface area contributed by atoms with Crippen molar-refractivity contribution in [3.63, 3.8) is 0 Å². The minimum atomic E-state index is -0.384.